The summed E-state index contributed by atoms with van der Waals surface area (Å²) in [6.45, 7) is 7.87. The number of nitrogens with one attached hydrogen (secondary N) is 1. The number of carbonyl (C=O) groups is 1. The third kappa shape index (κ3) is 3.88. The molecule has 136 valence electrons. The number of amides is 1. The summed E-state index contributed by atoms with van der Waals surface area (Å²) in [6, 6.07) is 5.97. The number of aromatic nitrogens is 2. The first-order valence-corrected chi connectivity index (χ1v) is 9.99. The molecule has 2 aromatic heterocycles. The second kappa shape index (κ2) is 7.72. The summed E-state index contributed by atoms with van der Waals surface area (Å²) >= 11 is 3.07. The van der Waals surface area contributed by atoms with E-state index < -0.39 is 0 Å². The fourth-order valence-corrected chi connectivity index (χ4v) is 4.67. The Labute approximate surface area is 160 Å². The van der Waals surface area contributed by atoms with Crippen LogP contribution < -0.4 is 5.32 Å². The molecule has 2 atom stereocenters. The molecule has 0 fully saturated rings. The summed E-state index contributed by atoms with van der Waals surface area (Å²) in [4.78, 5) is 23.5. The number of nitrogens with zero attached hydrogens (tertiary/aromatic N) is 2. The van der Waals surface area contributed by atoms with E-state index in [0.29, 0.717) is 0 Å². The van der Waals surface area contributed by atoms with Crippen molar-refractivity contribution < 1.29 is 9.18 Å². The lowest BCUT2D eigenvalue weighted by Crippen LogP contribution is -2.33. The van der Waals surface area contributed by atoms with Gasteiger partial charge in [0.25, 0.3) is 0 Å². The van der Waals surface area contributed by atoms with E-state index >= 15 is 0 Å². The van der Waals surface area contributed by atoms with Crippen LogP contribution >= 0.6 is 23.1 Å². The molecule has 3 rings (SSSR count). The molecule has 0 radical (unpaired) electrons. The fraction of sp³-hybridized carbons (Fsp3) is 0.316. The Morgan fingerprint density at radius 1 is 1.19 bits per heavy atom. The van der Waals surface area contributed by atoms with Gasteiger partial charge in [-0.05, 0) is 51.0 Å². The van der Waals surface area contributed by atoms with Gasteiger partial charge < -0.3 is 5.32 Å². The van der Waals surface area contributed by atoms with Gasteiger partial charge in [-0.1, -0.05) is 23.9 Å². The topological polar surface area (TPSA) is 54.9 Å². The highest BCUT2D eigenvalue weighted by atomic mass is 32.2. The van der Waals surface area contributed by atoms with Crippen LogP contribution in [0.1, 0.15) is 35.9 Å². The van der Waals surface area contributed by atoms with Crippen LogP contribution in [0.5, 0.6) is 0 Å². The van der Waals surface area contributed by atoms with Crippen molar-refractivity contribution in [2.45, 2.75) is 44.0 Å². The summed E-state index contributed by atoms with van der Waals surface area (Å²) in [6.07, 6.45) is 1.55. The van der Waals surface area contributed by atoms with Crippen molar-refractivity contribution in [3.63, 3.8) is 0 Å². The monoisotopic (exact) mass is 389 g/mol. The molecule has 1 amide bonds. The maximum atomic E-state index is 13.0. The Bertz CT molecular complexity index is 940. The van der Waals surface area contributed by atoms with Crippen molar-refractivity contribution in [1.29, 1.82) is 0 Å². The predicted octanol–water partition coefficient (Wildman–Crippen LogP) is 4.81. The van der Waals surface area contributed by atoms with Crippen LogP contribution in [0.4, 0.5) is 4.39 Å². The minimum atomic E-state index is -0.310. The fourth-order valence-electron chi connectivity index (χ4n) is 2.63. The van der Waals surface area contributed by atoms with Crippen molar-refractivity contribution in [3.8, 4) is 0 Å². The Morgan fingerprint density at radius 2 is 1.88 bits per heavy atom. The van der Waals surface area contributed by atoms with Gasteiger partial charge >= 0.3 is 0 Å². The Hall–Kier alpha value is -1.99. The normalized spacial score (nSPS) is 13.6. The third-order valence-electron chi connectivity index (χ3n) is 4.32. The molecule has 0 aliphatic rings. The van der Waals surface area contributed by atoms with Crippen molar-refractivity contribution in [2.24, 2.45) is 0 Å². The summed E-state index contributed by atoms with van der Waals surface area (Å²) in [5.41, 5.74) is 2.03. The first-order chi connectivity index (χ1) is 12.4. The third-order valence-corrected chi connectivity index (χ3v) is 6.53. The van der Waals surface area contributed by atoms with E-state index in [9.17, 15) is 9.18 Å². The standard InChI is InChI=1S/C19H20FN3OS2/c1-10-12(3)25-18-16(10)19(22-9-21-18)26-13(4)17(24)23-11(2)14-5-7-15(20)8-6-14/h5-9,11,13H,1-4H3,(H,23,24)/t11-,13-/m1/s1. The highest BCUT2D eigenvalue weighted by Gasteiger charge is 2.21. The molecule has 0 spiro atoms. The zero-order chi connectivity index (χ0) is 18.8. The molecule has 0 aliphatic heterocycles. The smallest absolute Gasteiger partial charge is 0.233 e. The van der Waals surface area contributed by atoms with E-state index in [4.69, 9.17) is 0 Å². The van der Waals surface area contributed by atoms with Gasteiger partial charge in [0, 0.05) is 10.3 Å². The van der Waals surface area contributed by atoms with Crippen LogP contribution in [0, 0.1) is 19.7 Å². The molecular formula is C19H20FN3OS2. The van der Waals surface area contributed by atoms with Crippen LogP contribution in [0.25, 0.3) is 10.2 Å². The van der Waals surface area contributed by atoms with Crippen LogP contribution in [0.2, 0.25) is 0 Å². The van der Waals surface area contributed by atoms with E-state index in [1.54, 1.807) is 29.8 Å². The van der Waals surface area contributed by atoms with Gasteiger partial charge in [-0.3, -0.25) is 4.79 Å². The molecule has 0 unspecified atom stereocenters. The average molecular weight is 390 g/mol. The summed E-state index contributed by atoms with van der Waals surface area (Å²) < 4.78 is 13.0. The van der Waals surface area contributed by atoms with Gasteiger partial charge in [-0.15, -0.1) is 11.3 Å². The molecule has 2 heterocycles. The molecule has 7 heteroatoms. The van der Waals surface area contributed by atoms with Crippen molar-refractivity contribution in [3.05, 3.63) is 52.4 Å². The molecule has 4 nitrogen and oxygen atoms in total. The molecule has 3 aromatic rings. The second-order valence-corrected chi connectivity index (χ2v) is 8.72. The lowest BCUT2D eigenvalue weighted by molar-refractivity contribution is -0.120. The van der Waals surface area contributed by atoms with Crippen molar-refractivity contribution in [2.75, 3.05) is 0 Å². The number of hydrogen-bond acceptors (Lipinski definition) is 5. The van der Waals surface area contributed by atoms with E-state index in [-0.39, 0.29) is 23.0 Å². The lowest BCUT2D eigenvalue weighted by Gasteiger charge is -2.18. The zero-order valence-electron chi connectivity index (χ0n) is 15.0. The average Bonchev–Trinajstić information content (AvgIpc) is 2.90. The molecule has 26 heavy (non-hydrogen) atoms. The van der Waals surface area contributed by atoms with Gasteiger partial charge in [-0.25, -0.2) is 14.4 Å². The van der Waals surface area contributed by atoms with Crippen LogP contribution in [-0.2, 0) is 4.79 Å². The van der Waals surface area contributed by atoms with Crippen LogP contribution in [0.3, 0.4) is 0 Å². The molecule has 0 bridgehead atoms. The molecule has 0 saturated carbocycles. The maximum Gasteiger partial charge on any atom is 0.233 e. The summed E-state index contributed by atoms with van der Waals surface area (Å²) in [5.74, 6) is -0.367. The summed E-state index contributed by atoms with van der Waals surface area (Å²) in [5, 5.41) is 4.53. The Balaban J connectivity index is 1.72. The number of thiophene rings is 1. The number of carbonyl (C=O) groups excluding carboxylic acids is 1. The second-order valence-electron chi connectivity index (χ2n) is 6.18. The molecule has 1 aromatic carbocycles. The van der Waals surface area contributed by atoms with Gasteiger partial charge in [0.2, 0.25) is 5.91 Å². The molecule has 1 N–H and O–H groups in total. The molecule has 0 aliphatic carbocycles. The van der Waals surface area contributed by atoms with E-state index in [0.717, 1.165) is 20.8 Å². The first-order valence-electron chi connectivity index (χ1n) is 8.30. The van der Waals surface area contributed by atoms with Gasteiger partial charge in [0.05, 0.1) is 11.3 Å². The minimum Gasteiger partial charge on any atom is -0.349 e. The highest BCUT2D eigenvalue weighted by Crippen LogP contribution is 2.36. The quantitative estimate of drug-likeness (QED) is 0.503. The number of aryl methyl sites for hydroxylation is 2. The number of benzene rings is 1. The number of halogens is 1. The van der Waals surface area contributed by atoms with Crippen molar-refractivity contribution in [1.82, 2.24) is 15.3 Å². The summed E-state index contributed by atoms with van der Waals surface area (Å²) in [7, 11) is 0. The van der Waals surface area contributed by atoms with E-state index in [2.05, 4.69) is 29.1 Å². The maximum absolute atomic E-state index is 13.0. The molecule has 0 saturated heterocycles. The Kier molecular flexibility index (Phi) is 5.58. The van der Waals surface area contributed by atoms with Crippen LogP contribution in [0.15, 0.2) is 35.6 Å². The van der Waals surface area contributed by atoms with Gasteiger partial charge in [-0.2, -0.15) is 0 Å². The minimum absolute atomic E-state index is 0.0804. The number of rotatable bonds is 5. The van der Waals surface area contributed by atoms with E-state index in [1.165, 1.54) is 34.3 Å². The number of thioether (sulfide) groups is 1. The van der Waals surface area contributed by atoms with Crippen molar-refractivity contribution >= 4 is 39.2 Å². The predicted molar refractivity (Wildman–Crippen MR) is 105 cm³/mol. The largest absolute Gasteiger partial charge is 0.349 e. The Morgan fingerprint density at radius 3 is 2.58 bits per heavy atom. The highest BCUT2D eigenvalue weighted by molar-refractivity contribution is 8.00. The zero-order valence-corrected chi connectivity index (χ0v) is 16.7. The number of hydrogen-bond donors (Lipinski definition) is 1. The van der Waals surface area contributed by atoms with E-state index in [1.807, 2.05) is 13.8 Å². The van der Waals surface area contributed by atoms with Gasteiger partial charge in [0.1, 0.15) is 22.0 Å². The van der Waals surface area contributed by atoms with Gasteiger partial charge in [0.15, 0.2) is 0 Å². The SMILES string of the molecule is Cc1sc2ncnc(S[C@H](C)C(=O)N[C@H](C)c3ccc(F)cc3)c2c1C. The van der Waals surface area contributed by atoms with Crippen LogP contribution in [-0.4, -0.2) is 21.1 Å². The number of fused-ring (bicyclic) bond motifs is 1. The molecular weight excluding hydrogens is 369 g/mol. The first kappa shape index (κ1) is 18.8. The lowest BCUT2D eigenvalue weighted by atomic mass is 10.1.